The molecule has 3 aromatic rings. The molecule has 0 saturated carbocycles. The van der Waals surface area contributed by atoms with Gasteiger partial charge in [0, 0.05) is 24.7 Å². The Balaban J connectivity index is 1.93. The first-order valence-corrected chi connectivity index (χ1v) is 16.0. The molecule has 2 aliphatic rings. The summed E-state index contributed by atoms with van der Waals surface area (Å²) < 4.78 is 52.0. The Labute approximate surface area is 272 Å². The van der Waals surface area contributed by atoms with Gasteiger partial charge in [0.2, 0.25) is 17.2 Å². The molecule has 2 N–H and O–H groups in total. The van der Waals surface area contributed by atoms with E-state index in [4.69, 9.17) is 30.5 Å². The summed E-state index contributed by atoms with van der Waals surface area (Å²) in [6.07, 6.45) is 0.533. The molecular weight excluding hydrogens is 640 g/mol. The lowest BCUT2D eigenvalue weighted by Gasteiger charge is -2.48. The van der Waals surface area contributed by atoms with Gasteiger partial charge < -0.3 is 29.4 Å². The van der Waals surface area contributed by atoms with Crippen molar-refractivity contribution in [2.75, 3.05) is 53.4 Å². The van der Waals surface area contributed by atoms with Crippen LogP contribution in [0.15, 0.2) is 47.5 Å². The number of likely N-dealkylation sites (tertiary alicyclic amines) is 1. The summed E-state index contributed by atoms with van der Waals surface area (Å²) in [5.74, 6) is -1.32. The minimum absolute atomic E-state index is 0.00108. The molecule has 0 radical (unpaired) electrons. The van der Waals surface area contributed by atoms with E-state index in [0.29, 0.717) is 9.87 Å². The normalized spacial score (nSPS) is 24.0. The Morgan fingerprint density at radius 3 is 2.37 bits per heavy atom. The lowest BCUT2D eigenvalue weighted by molar-refractivity contribution is -0.953. The minimum Gasteiger partial charge on any atom is -0.493 e. The maximum Gasteiger partial charge on any atom is 0.312 e. The number of quaternary nitrogens is 1. The molecule has 4 atom stereocenters. The monoisotopic (exact) mass is 675 g/mol. The number of aliphatic hydroxyl groups is 1. The van der Waals surface area contributed by atoms with Gasteiger partial charge in [-0.1, -0.05) is 11.6 Å². The van der Waals surface area contributed by atoms with Crippen LogP contribution in [-0.2, 0) is 25.2 Å². The maximum atomic E-state index is 15.5. The molecule has 0 aliphatic carbocycles. The number of sulfonamides is 1. The molecule has 246 valence electrons. The number of pyridine rings is 1. The van der Waals surface area contributed by atoms with Crippen LogP contribution in [-0.4, -0.2) is 96.0 Å². The minimum atomic E-state index is -4.79. The number of aliphatic hydroxyl groups excluding tert-OH is 1. The highest BCUT2D eigenvalue weighted by molar-refractivity contribution is 7.93. The molecule has 1 saturated heterocycles. The average molecular weight is 676 g/mol. The van der Waals surface area contributed by atoms with Crippen LogP contribution in [0.25, 0.3) is 0 Å². The van der Waals surface area contributed by atoms with Gasteiger partial charge in [-0.3, -0.25) is 14.1 Å². The number of nitrogens with zero attached hydrogens (tertiary/aromatic N) is 3. The first-order valence-electron chi connectivity index (χ1n) is 14.2. The van der Waals surface area contributed by atoms with Crippen LogP contribution in [0.2, 0.25) is 5.02 Å². The topological polar surface area (TPSA) is 154 Å². The number of halogens is 1. The molecule has 2 aromatic carbocycles. The van der Waals surface area contributed by atoms with E-state index in [0.717, 1.165) is 0 Å². The molecule has 46 heavy (non-hydrogen) atoms. The van der Waals surface area contributed by atoms with Gasteiger partial charge in [-0.05, 0) is 48.9 Å². The van der Waals surface area contributed by atoms with Crippen molar-refractivity contribution in [2.45, 2.75) is 35.9 Å². The first-order chi connectivity index (χ1) is 21.8. The number of carbonyl (C=O) groups is 2. The van der Waals surface area contributed by atoms with Crippen LogP contribution in [0.3, 0.4) is 0 Å². The van der Waals surface area contributed by atoms with Crippen molar-refractivity contribution in [1.82, 2.24) is 10.3 Å². The number of ether oxygens (including phenoxy) is 4. The number of hydrogen-bond donors (Lipinski definition) is 2. The zero-order valence-electron chi connectivity index (χ0n) is 26.5. The Morgan fingerprint density at radius 1 is 1.07 bits per heavy atom. The lowest BCUT2D eigenvalue weighted by atomic mass is 9.79. The van der Waals surface area contributed by atoms with E-state index < -0.39 is 44.0 Å². The van der Waals surface area contributed by atoms with Gasteiger partial charge in [-0.15, -0.1) is 0 Å². The average Bonchev–Trinajstić information content (AvgIpc) is 3.49. The standard InChI is InChI=1S/C31H35ClN4O9S/c1-17-12-21(29(45-7)34-15-17)31(36(3)16-19(37)14-23(36)28(38)33-2)20-13-18(32)8-9-22(20)35(30(31)39)46(40,41)25-11-10-24(42-4)26(43-5)27(25)44-6/h8-13,15,19,23,37H,14,16H2,1-7H3/p+1/t19-,23+,31?,36?/m1/s1. The van der Waals surface area contributed by atoms with Crippen LogP contribution in [0.5, 0.6) is 23.1 Å². The summed E-state index contributed by atoms with van der Waals surface area (Å²) in [5, 5.41) is 14.0. The van der Waals surface area contributed by atoms with Crippen LogP contribution in [0.4, 0.5) is 5.69 Å². The van der Waals surface area contributed by atoms with Crippen LogP contribution >= 0.6 is 11.6 Å². The molecule has 5 rings (SSSR count). The molecule has 0 spiro atoms. The second-order valence-electron chi connectivity index (χ2n) is 11.3. The SMILES string of the molecule is CNC(=O)[C@@H]1C[C@@H](O)C[N+]1(C)C1(c2cc(C)cnc2OC)C(=O)N(S(=O)(=O)c2ccc(OC)c(OC)c2OC)c2ccc(Cl)cc21. The lowest BCUT2D eigenvalue weighted by Crippen LogP contribution is -2.69. The van der Waals surface area contributed by atoms with Crippen molar-refractivity contribution >= 4 is 39.1 Å². The van der Waals surface area contributed by atoms with Crippen molar-refractivity contribution < 1.29 is 46.5 Å². The molecule has 1 fully saturated rings. The number of aromatic nitrogens is 1. The second-order valence-corrected chi connectivity index (χ2v) is 13.5. The van der Waals surface area contributed by atoms with Crippen molar-refractivity contribution in [1.29, 1.82) is 0 Å². The highest BCUT2D eigenvalue weighted by atomic mass is 35.5. The molecule has 15 heteroatoms. The molecule has 3 heterocycles. The number of carbonyl (C=O) groups excluding carboxylic acids is 2. The van der Waals surface area contributed by atoms with E-state index in [1.165, 1.54) is 65.8 Å². The number of amides is 2. The van der Waals surface area contributed by atoms with Crippen LogP contribution in [0, 0.1) is 6.92 Å². The van der Waals surface area contributed by atoms with Crippen LogP contribution in [0.1, 0.15) is 23.1 Å². The fraction of sp³-hybridized carbons (Fsp3) is 0.387. The van der Waals surface area contributed by atoms with E-state index in [-0.39, 0.29) is 62.8 Å². The van der Waals surface area contributed by atoms with Crippen molar-refractivity contribution in [3.63, 3.8) is 0 Å². The fourth-order valence-corrected chi connectivity index (χ4v) is 8.79. The summed E-state index contributed by atoms with van der Waals surface area (Å²) in [6.45, 7) is 1.67. The molecule has 2 unspecified atom stereocenters. The Kier molecular flexibility index (Phi) is 8.62. The number of anilines is 1. The molecule has 1 aromatic heterocycles. The zero-order valence-corrected chi connectivity index (χ0v) is 28.0. The summed E-state index contributed by atoms with van der Waals surface area (Å²) >= 11 is 6.59. The number of fused-ring (bicyclic) bond motifs is 1. The van der Waals surface area contributed by atoms with E-state index in [1.54, 1.807) is 26.2 Å². The summed E-state index contributed by atoms with van der Waals surface area (Å²) in [6, 6.07) is 7.74. The van der Waals surface area contributed by atoms with Crippen LogP contribution < -0.4 is 28.6 Å². The molecular formula is C31H36ClN4O9S+. The smallest absolute Gasteiger partial charge is 0.312 e. The predicted molar refractivity (Wildman–Crippen MR) is 168 cm³/mol. The number of benzene rings is 2. The van der Waals surface area contributed by atoms with Gasteiger partial charge in [0.15, 0.2) is 17.5 Å². The van der Waals surface area contributed by atoms with Gasteiger partial charge in [-0.25, -0.2) is 13.4 Å². The molecule has 0 bridgehead atoms. The number of likely N-dealkylation sites (N-methyl/N-ethyl adjacent to an activating group) is 2. The van der Waals surface area contributed by atoms with E-state index in [1.807, 2.05) is 0 Å². The van der Waals surface area contributed by atoms with Crippen molar-refractivity contribution in [2.24, 2.45) is 0 Å². The van der Waals surface area contributed by atoms with Gasteiger partial charge >= 0.3 is 5.91 Å². The number of nitrogens with one attached hydrogen (secondary N) is 1. The summed E-state index contributed by atoms with van der Waals surface area (Å²) in [5.41, 5.74) is -0.991. The quantitative estimate of drug-likeness (QED) is 0.323. The Morgan fingerprint density at radius 2 is 1.76 bits per heavy atom. The predicted octanol–water partition coefficient (Wildman–Crippen LogP) is 2.38. The van der Waals surface area contributed by atoms with Crippen molar-refractivity contribution in [3.8, 4) is 23.1 Å². The summed E-state index contributed by atoms with van der Waals surface area (Å²) in [7, 11) is 3.69. The second kappa shape index (κ2) is 11.9. The highest BCUT2D eigenvalue weighted by Gasteiger charge is 2.72. The molecule has 13 nitrogen and oxygen atoms in total. The third-order valence-electron chi connectivity index (χ3n) is 8.91. The first kappa shape index (κ1) is 33.3. The Hall–Kier alpha value is -4.11. The molecule has 2 amide bonds. The fourth-order valence-electron chi connectivity index (χ4n) is 7.00. The number of methoxy groups -OCH3 is 4. The third kappa shape index (κ3) is 4.57. The maximum absolute atomic E-state index is 15.5. The van der Waals surface area contributed by atoms with Gasteiger partial charge in [0.1, 0.15) is 17.5 Å². The van der Waals surface area contributed by atoms with E-state index >= 15 is 4.79 Å². The largest absolute Gasteiger partial charge is 0.493 e. The third-order valence-corrected chi connectivity index (χ3v) is 10.9. The number of aryl methyl sites for hydroxylation is 1. The highest BCUT2D eigenvalue weighted by Crippen LogP contribution is 2.58. The van der Waals surface area contributed by atoms with Crippen molar-refractivity contribution in [3.05, 3.63) is 64.3 Å². The zero-order chi connectivity index (χ0) is 33.8. The molecule has 2 aliphatic heterocycles. The van der Waals surface area contributed by atoms with Gasteiger partial charge in [0.05, 0.1) is 52.3 Å². The van der Waals surface area contributed by atoms with Gasteiger partial charge in [-0.2, -0.15) is 4.31 Å². The number of rotatable bonds is 9. The van der Waals surface area contributed by atoms with E-state index in [9.17, 15) is 18.3 Å². The Bertz CT molecular complexity index is 1840. The van der Waals surface area contributed by atoms with Gasteiger partial charge in [0.25, 0.3) is 15.9 Å². The van der Waals surface area contributed by atoms with E-state index in [2.05, 4.69) is 10.3 Å². The number of hydrogen-bond acceptors (Lipinski definition) is 10. The summed E-state index contributed by atoms with van der Waals surface area (Å²) in [4.78, 5) is 33.1.